The second-order valence-corrected chi connectivity index (χ2v) is 5.12. The first-order valence-corrected chi connectivity index (χ1v) is 6.30. The Morgan fingerprint density at radius 2 is 2.00 bits per heavy atom. The van der Waals surface area contributed by atoms with Crippen molar-refractivity contribution >= 4 is 0 Å². The van der Waals surface area contributed by atoms with Crippen LogP contribution >= 0.6 is 0 Å². The number of piperidine rings is 1. The van der Waals surface area contributed by atoms with E-state index in [1.807, 2.05) is 0 Å². The van der Waals surface area contributed by atoms with Gasteiger partial charge in [-0.1, -0.05) is 19.8 Å². The van der Waals surface area contributed by atoms with Crippen molar-refractivity contribution in [3.63, 3.8) is 0 Å². The van der Waals surface area contributed by atoms with E-state index in [-0.39, 0.29) is 0 Å². The summed E-state index contributed by atoms with van der Waals surface area (Å²) in [5.74, 6) is 1.94. The number of rotatable bonds is 5. The van der Waals surface area contributed by atoms with Gasteiger partial charge in [-0.2, -0.15) is 0 Å². The van der Waals surface area contributed by atoms with Crippen LogP contribution in [0.3, 0.4) is 0 Å². The van der Waals surface area contributed by atoms with E-state index in [0.717, 1.165) is 17.9 Å². The van der Waals surface area contributed by atoms with Gasteiger partial charge >= 0.3 is 0 Å². The van der Waals surface area contributed by atoms with Gasteiger partial charge in [-0.15, -0.1) is 0 Å². The van der Waals surface area contributed by atoms with Crippen LogP contribution in [0.5, 0.6) is 0 Å². The van der Waals surface area contributed by atoms with Crippen molar-refractivity contribution < 1.29 is 0 Å². The third-order valence-electron chi connectivity index (χ3n) is 3.86. The second kappa shape index (κ2) is 5.13. The van der Waals surface area contributed by atoms with Gasteiger partial charge in [-0.3, -0.25) is 0 Å². The number of hydrogen-bond acceptors (Lipinski definition) is 2. The van der Waals surface area contributed by atoms with Crippen molar-refractivity contribution in [3.05, 3.63) is 0 Å². The van der Waals surface area contributed by atoms with Gasteiger partial charge in [-0.25, -0.2) is 0 Å². The topological polar surface area (TPSA) is 34.0 Å². The zero-order valence-corrected chi connectivity index (χ0v) is 9.39. The summed E-state index contributed by atoms with van der Waals surface area (Å²) in [5, 5.41) is 6.84. The van der Waals surface area contributed by atoms with Gasteiger partial charge < -0.3 is 10.6 Å². The van der Waals surface area contributed by atoms with Crippen molar-refractivity contribution in [2.45, 2.75) is 45.1 Å². The largest absolute Gasteiger partial charge is 0.317 e. The Morgan fingerprint density at radius 1 is 1.29 bits per heavy atom. The molecule has 0 saturated carbocycles. The van der Waals surface area contributed by atoms with E-state index >= 15 is 0 Å². The normalized spacial score (nSPS) is 30.2. The van der Waals surface area contributed by atoms with E-state index in [9.17, 15) is 0 Å². The molecule has 2 unspecified atom stereocenters. The summed E-state index contributed by atoms with van der Waals surface area (Å²) < 4.78 is 0. The van der Waals surface area contributed by atoms with Crippen LogP contribution in [0.25, 0.3) is 0 Å². The van der Waals surface area contributed by atoms with Crippen LogP contribution in [-0.2, 0) is 0 Å². The molecule has 0 aliphatic carbocycles. The minimum absolute atomic E-state index is 0.864. The molecule has 0 aromatic heterocycles. The summed E-state index contributed by atoms with van der Waals surface area (Å²) in [5.41, 5.74) is 0. The van der Waals surface area contributed by atoms with Crippen LogP contribution in [0, 0.1) is 11.8 Å². The molecule has 0 aromatic carbocycles. The van der Waals surface area contributed by atoms with Crippen molar-refractivity contribution in [1.29, 1.82) is 0 Å². The highest BCUT2D eigenvalue weighted by atomic mass is 15.1. The lowest BCUT2D eigenvalue weighted by Gasteiger charge is -2.22. The average Bonchev–Trinajstić information content (AvgIpc) is 3.02. The molecule has 2 nitrogen and oxygen atoms in total. The zero-order valence-electron chi connectivity index (χ0n) is 9.39. The standard InChI is InChI=1S/C12H24N2/c1-10(12-9-14-12)3-2-4-11-5-7-13-8-6-11/h10-14H,2-9H2,1H3. The average molecular weight is 196 g/mol. The maximum atomic E-state index is 3.43. The molecule has 2 heterocycles. The lowest BCUT2D eigenvalue weighted by atomic mass is 9.90. The maximum Gasteiger partial charge on any atom is 0.0218 e. The molecule has 2 saturated heterocycles. The Bertz CT molecular complexity index is 160. The van der Waals surface area contributed by atoms with Crippen molar-refractivity contribution in [2.24, 2.45) is 11.8 Å². The molecule has 14 heavy (non-hydrogen) atoms. The third-order valence-corrected chi connectivity index (χ3v) is 3.86. The molecule has 0 bridgehead atoms. The summed E-state index contributed by atoms with van der Waals surface area (Å²) >= 11 is 0. The Kier molecular flexibility index (Phi) is 3.82. The summed E-state index contributed by atoms with van der Waals surface area (Å²) in [6.07, 6.45) is 7.18. The Morgan fingerprint density at radius 3 is 2.64 bits per heavy atom. The van der Waals surface area contributed by atoms with Crippen molar-refractivity contribution in [3.8, 4) is 0 Å². The van der Waals surface area contributed by atoms with Gasteiger partial charge in [0.1, 0.15) is 0 Å². The van der Waals surface area contributed by atoms with E-state index in [4.69, 9.17) is 0 Å². The summed E-state index contributed by atoms with van der Waals surface area (Å²) in [7, 11) is 0. The van der Waals surface area contributed by atoms with E-state index in [0.29, 0.717) is 0 Å². The molecule has 2 rings (SSSR count). The Labute approximate surface area is 87.8 Å². The molecule has 82 valence electrons. The Balaban J connectivity index is 1.52. The van der Waals surface area contributed by atoms with Gasteiger partial charge in [0.25, 0.3) is 0 Å². The predicted molar refractivity (Wildman–Crippen MR) is 60.4 cm³/mol. The highest BCUT2D eigenvalue weighted by Gasteiger charge is 2.26. The minimum atomic E-state index is 0.864. The van der Waals surface area contributed by atoms with Crippen LogP contribution in [-0.4, -0.2) is 25.7 Å². The number of nitrogens with one attached hydrogen (secondary N) is 2. The van der Waals surface area contributed by atoms with Crippen LogP contribution in [0.15, 0.2) is 0 Å². The molecule has 0 spiro atoms. The predicted octanol–water partition coefficient (Wildman–Crippen LogP) is 1.76. The summed E-state index contributed by atoms with van der Waals surface area (Å²) in [4.78, 5) is 0. The first-order chi connectivity index (χ1) is 6.86. The van der Waals surface area contributed by atoms with E-state index in [1.165, 1.54) is 51.7 Å². The summed E-state index contributed by atoms with van der Waals surface area (Å²) in [6, 6.07) is 0.864. The SMILES string of the molecule is CC(CCCC1CCNCC1)C1CN1. The number of hydrogen-bond donors (Lipinski definition) is 2. The molecule has 2 aliphatic heterocycles. The molecule has 2 fully saturated rings. The fourth-order valence-corrected chi connectivity index (χ4v) is 2.57. The smallest absolute Gasteiger partial charge is 0.0218 e. The van der Waals surface area contributed by atoms with E-state index in [1.54, 1.807) is 0 Å². The van der Waals surface area contributed by atoms with Gasteiger partial charge in [0, 0.05) is 12.6 Å². The second-order valence-electron chi connectivity index (χ2n) is 5.12. The zero-order chi connectivity index (χ0) is 9.80. The van der Waals surface area contributed by atoms with Crippen LogP contribution in [0.1, 0.15) is 39.0 Å². The van der Waals surface area contributed by atoms with E-state index in [2.05, 4.69) is 17.6 Å². The fraction of sp³-hybridized carbons (Fsp3) is 1.00. The highest BCUT2D eigenvalue weighted by Crippen LogP contribution is 2.23. The van der Waals surface area contributed by atoms with Crippen LogP contribution in [0.4, 0.5) is 0 Å². The van der Waals surface area contributed by atoms with Crippen molar-refractivity contribution in [1.82, 2.24) is 10.6 Å². The molecule has 0 radical (unpaired) electrons. The van der Waals surface area contributed by atoms with Gasteiger partial charge in [0.05, 0.1) is 0 Å². The molecule has 0 aromatic rings. The van der Waals surface area contributed by atoms with Gasteiger partial charge in [-0.05, 0) is 44.2 Å². The molecule has 0 amide bonds. The molecule has 2 atom stereocenters. The first kappa shape index (κ1) is 10.4. The maximum absolute atomic E-state index is 3.43. The summed E-state index contributed by atoms with van der Waals surface area (Å²) in [6.45, 7) is 6.18. The monoisotopic (exact) mass is 196 g/mol. The van der Waals surface area contributed by atoms with Gasteiger partial charge in [0.2, 0.25) is 0 Å². The van der Waals surface area contributed by atoms with Crippen LogP contribution in [0.2, 0.25) is 0 Å². The Hall–Kier alpha value is -0.0800. The third kappa shape index (κ3) is 3.25. The fourth-order valence-electron chi connectivity index (χ4n) is 2.57. The molecule has 2 heteroatoms. The quantitative estimate of drug-likeness (QED) is 0.657. The highest BCUT2D eigenvalue weighted by molar-refractivity contribution is 4.87. The first-order valence-electron chi connectivity index (χ1n) is 6.30. The molecule has 2 aliphatic rings. The lowest BCUT2D eigenvalue weighted by Crippen LogP contribution is -2.27. The van der Waals surface area contributed by atoms with Crippen LogP contribution < -0.4 is 10.6 Å². The molecule has 2 N–H and O–H groups in total. The van der Waals surface area contributed by atoms with Gasteiger partial charge in [0.15, 0.2) is 0 Å². The van der Waals surface area contributed by atoms with Crippen molar-refractivity contribution in [2.75, 3.05) is 19.6 Å². The molecular weight excluding hydrogens is 172 g/mol. The minimum Gasteiger partial charge on any atom is -0.317 e. The van der Waals surface area contributed by atoms with E-state index < -0.39 is 0 Å². The lowest BCUT2D eigenvalue weighted by molar-refractivity contribution is 0.333. The molecular formula is C12H24N2.